The van der Waals surface area contributed by atoms with Crippen molar-refractivity contribution in [2.45, 2.75) is 58.3 Å². The second-order valence-electron chi connectivity index (χ2n) is 6.17. The van der Waals surface area contributed by atoms with Crippen LogP contribution in [0.15, 0.2) is 11.6 Å². The molecule has 5 heteroatoms. The predicted octanol–water partition coefficient (Wildman–Crippen LogP) is 3.35. The number of halogens is 3. The molecule has 0 bridgehead atoms. The molecule has 0 saturated carbocycles. The fraction of sp³-hybridized carbons (Fsp3) is 0.857. The Bertz CT molecular complexity index is 316. The molecular formula is C14H25F3N2. The zero-order chi connectivity index (χ0) is 14.7. The molecule has 1 N–H and O–H groups in total. The summed E-state index contributed by atoms with van der Waals surface area (Å²) in [6.07, 6.45) is -1.77. The van der Waals surface area contributed by atoms with Gasteiger partial charge in [0, 0.05) is 36.8 Å². The lowest BCUT2D eigenvalue weighted by Crippen LogP contribution is -2.48. The first-order valence-electron chi connectivity index (χ1n) is 6.89. The Morgan fingerprint density at radius 1 is 1.32 bits per heavy atom. The minimum absolute atomic E-state index is 0.0379. The first-order valence-corrected chi connectivity index (χ1v) is 6.89. The largest absolute Gasteiger partial charge is 0.412 e. The van der Waals surface area contributed by atoms with Crippen LogP contribution >= 0.6 is 0 Å². The van der Waals surface area contributed by atoms with Crippen LogP contribution in [0.5, 0.6) is 0 Å². The second kappa shape index (κ2) is 6.27. The average Bonchev–Trinajstić information content (AvgIpc) is 2.28. The molecule has 1 unspecified atom stereocenters. The van der Waals surface area contributed by atoms with Crippen molar-refractivity contribution >= 4 is 0 Å². The maximum absolute atomic E-state index is 12.6. The number of nitrogens with one attached hydrogen (secondary N) is 1. The van der Waals surface area contributed by atoms with E-state index < -0.39 is 6.18 Å². The van der Waals surface area contributed by atoms with Crippen molar-refractivity contribution < 1.29 is 13.2 Å². The van der Waals surface area contributed by atoms with Gasteiger partial charge in [-0.2, -0.15) is 13.2 Å². The number of rotatable bonds is 4. The van der Waals surface area contributed by atoms with Crippen LogP contribution in [-0.2, 0) is 0 Å². The molecule has 0 aromatic rings. The van der Waals surface area contributed by atoms with E-state index in [1.54, 1.807) is 0 Å². The second-order valence-corrected chi connectivity index (χ2v) is 6.17. The van der Waals surface area contributed by atoms with Gasteiger partial charge in [0.2, 0.25) is 0 Å². The van der Waals surface area contributed by atoms with Crippen molar-refractivity contribution in [1.82, 2.24) is 10.2 Å². The molecule has 0 spiro atoms. The SMILES string of the molecule is CCC(CNC(C)(C)C)N1CC=C(C(F)(F)F)CC1. The smallest absolute Gasteiger partial charge is 0.311 e. The Labute approximate surface area is 114 Å². The van der Waals surface area contributed by atoms with Crippen LogP contribution in [0, 0.1) is 0 Å². The summed E-state index contributed by atoms with van der Waals surface area (Å²) in [5, 5.41) is 3.43. The van der Waals surface area contributed by atoms with Crippen molar-refractivity contribution in [3.05, 3.63) is 11.6 Å². The topological polar surface area (TPSA) is 15.3 Å². The van der Waals surface area contributed by atoms with Gasteiger partial charge in [-0.3, -0.25) is 4.90 Å². The summed E-state index contributed by atoms with van der Waals surface area (Å²) in [6.45, 7) is 10.1. The van der Waals surface area contributed by atoms with Gasteiger partial charge in [-0.1, -0.05) is 13.0 Å². The van der Waals surface area contributed by atoms with Gasteiger partial charge < -0.3 is 5.32 Å². The molecule has 0 aromatic heterocycles. The Kier molecular flexibility index (Phi) is 5.44. The van der Waals surface area contributed by atoms with Crippen LogP contribution in [-0.4, -0.2) is 42.3 Å². The Hall–Kier alpha value is -0.550. The van der Waals surface area contributed by atoms with E-state index in [2.05, 4.69) is 37.9 Å². The third-order valence-electron chi connectivity index (χ3n) is 3.46. The molecule has 1 aliphatic rings. The van der Waals surface area contributed by atoms with Crippen molar-refractivity contribution in [3.8, 4) is 0 Å². The lowest BCUT2D eigenvalue weighted by Gasteiger charge is -2.35. The molecule has 0 radical (unpaired) electrons. The van der Waals surface area contributed by atoms with Gasteiger partial charge in [0.15, 0.2) is 0 Å². The van der Waals surface area contributed by atoms with Crippen LogP contribution in [0.2, 0.25) is 0 Å². The monoisotopic (exact) mass is 278 g/mol. The highest BCUT2D eigenvalue weighted by molar-refractivity contribution is 5.13. The quantitative estimate of drug-likeness (QED) is 0.793. The lowest BCUT2D eigenvalue weighted by atomic mass is 10.0. The van der Waals surface area contributed by atoms with E-state index in [-0.39, 0.29) is 17.5 Å². The van der Waals surface area contributed by atoms with Gasteiger partial charge in [-0.25, -0.2) is 0 Å². The molecule has 1 atom stereocenters. The summed E-state index contributed by atoms with van der Waals surface area (Å²) in [4.78, 5) is 2.13. The molecule has 112 valence electrons. The Balaban J connectivity index is 2.54. The number of hydrogen-bond donors (Lipinski definition) is 1. The molecule has 1 rings (SSSR count). The van der Waals surface area contributed by atoms with Gasteiger partial charge in [0.1, 0.15) is 0 Å². The predicted molar refractivity (Wildman–Crippen MR) is 72.2 cm³/mol. The molecule has 1 heterocycles. The maximum Gasteiger partial charge on any atom is 0.412 e. The molecule has 0 aliphatic carbocycles. The van der Waals surface area contributed by atoms with Gasteiger partial charge in [-0.05, 0) is 33.6 Å². The van der Waals surface area contributed by atoms with Crippen LogP contribution in [0.3, 0.4) is 0 Å². The summed E-state index contributed by atoms with van der Waals surface area (Å²) in [7, 11) is 0. The Morgan fingerprint density at radius 2 is 1.95 bits per heavy atom. The van der Waals surface area contributed by atoms with E-state index in [0.717, 1.165) is 13.0 Å². The van der Waals surface area contributed by atoms with E-state index in [0.29, 0.717) is 19.1 Å². The van der Waals surface area contributed by atoms with Crippen LogP contribution < -0.4 is 5.32 Å². The summed E-state index contributed by atoms with van der Waals surface area (Å²) in [6, 6.07) is 0.297. The van der Waals surface area contributed by atoms with E-state index in [4.69, 9.17) is 0 Å². The zero-order valence-electron chi connectivity index (χ0n) is 12.3. The van der Waals surface area contributed by atoms with Crippen molar-refractivity contribution in [3.63, 3.8) is 0 Å². The minimum Gasteiger partial charge on any atom is -0.311 e. The van der Waals surface area contributed by atoms with Gasteiger partial charge in [0.25, 0.3) is 0 Å². The molecule has 0 fully saturated rings. The van der Waals surface area contributed by atoms with E-state index in [1.807, 2.05) is 0 Å². The normalized spacial score (nSPS) is 20.3. The highest BCUT2D eigenvalue weighted by Crippen LogP contribution is 2.30. The average molecular weight is 278 g/mol. The number of alkyl halides is 3. The van der Waals surface area contributed by atoms with Gasteiger partial charge in [0.05, 0.1) is 0 Å². The molecule has 1 aliphatic heterocycles. The van der Waals surface area contributed by atoms with Crippen LogP contribution in [0.1, 0.15) is 40.5 Å². The van der Waals surface area contributed by atoms with Crippen LogP contribution in [0.25, 0.3) is 0 Å². The summed E-state index contributed by atoms with van der Waals surface area (Å²) >= 11 is 0. The zero-order valence-corrected chi connectivity index (χ0v) is 12.3. The summed E-state index contributed by atoms with van der Waals surface area (Å²) in [5.41, 5.74) is -0.335. The van der Waals surface area contributed by atoms with E-state index in [9.17, 15) is 13.2 Å². The van der Waals surface area contributed by atoms with Crippen molar-refractivity contribution in [2.24, 2.45) is 0 Å². The maximum atomic E-state index is 12.6. The van der Waals surface area contributed by atoms with Gasteiger partial charge >= 0.3 is 6.18 Å². The fourth-order valence-corrected chi connectivity index (χ4v) is 2.23. The van der Waals surface area contributed by atoms with Gasteiger partial charge in [-0.15, -0.1) is 0 Å². The first-order chi connectivity index (χ1) is 8.63. The Morgan fingerprint density at radius 3 is 2.32 bits per heavy atom. The van der Waals surface area contributed by atoms with Crippen molar-refractivity contribution in [1.29, 1.82) is 0 Å². The highest BCUT2D eigenvalue weighted by Gasteiger charge is 2.35. The molecule has 0 saturated heterocycles. The molecule has 19 heavy (non-hydrogen) atoms. The first kappa shape index (κ1) is 16.5. The standard InChI is InChI=1S/C14H25F3N2/c1-5-12(10-18-13(2,3)4)19-8-6-11(7-9-19)14(15,16)17/h6,12,18H,5,7-10H2,1-4H3. The third kappa shape index (κ3) is 5.53. The summed E-state index contributed by atoms with van der Waals surface area (Å²) in [5.74, 6) is 0. The number of hydrogen-bond acceptors (Lipinski definition) is 2. The van der Waals surface area contributed by atoms with Crippen molar-refractivity contribution in [2.75, 3.05) is 19.6 Å². The highest BCUT2D eigenvalue weighted by atomic mass is 19.4. The number of nitrogens with zero attached hydrogens (tertiary/aromatic N) is 1. The lowest BCUT2D eigenvalue weighted by molar-refractivity contribution is -0.0964. The van der Waals surface area contributed by atoms with Crippen LogP contribution in [0.4, 0.5) is 13.2 Å². The van der Waals surface area contributed by atoms with E-state index in [1.165, 1.54) is 6.08 Å². The summed E-state index contributed by atoms with van der Waals surface area (Å²) < 4.78 is 37.7. The molecular weight excluding hydrogens is 253 g/mol. The molecule has 0 amide bonds. The molecule has 0 aromatic carbocycles. The molecule has 2 nitrogen and oxygen atoms in total. The fourth-order valence-electron chi connectivity index (χ4n) is 2.23. The minimum atomic E-state index is -4.16. The van der Waals surface area contributed by atoms with E-state index >= 15 is 0 Å². The third-order valence-corrected chi connectivity index (χ3v) is 3.46.